The number of amides is 2. The Hall–Kier alpha value is -2.37. The maximum absolute atomic E-state index is 12.0. The lowest BCUT2D eigenvalue weighted by atomic mass is 10.1. The minimum atomic E-state index is -0.375. The molecule has 0 aliphatic heterocycles. The van der Waals surface area contributed by atoms with Crippen LogP contribution in [0.2, 0.25) is 10.0 Å². The zero-order chi connectivity index (χ0) is 19.1. The molecule has 2 rings (SSSR count). The van der Waals surface area contributed by atoms with Crippen LogP contribution in [0.15, 0.2) is 41.5 Å². The van der Waals surface area contributed by atoms with E-state index in [4.69, 9.17) is 23.2 Å². The van der Waals surface area contributed by atoms with Crippen molar-refractivity contribution in [3.63, 3.8) is 0 Å². The molecule has 0 saturated heterocycles. The molecule has 2 aromatic rings. The van der Waals surface area contributed by atoms with E-state index in [-0.39, 0.29) is 24.7 Å². The summed E-state index contributed by atoms with van der Waals surface area (Å²) in [5, 5.41) is 7.49. The van der Waals surface area contributed by atoms with Crippen LogP contribution in [0.1, 0.15) is 29.5 Å². The predicted octanol–water partition coefficient (Wildman–Crippen LogP) is 4.48. The molecule has 2 N–H and O–H groups in total. The second kappa shape index (κ2) is 9.36. The number of nitrogens with one attached hydrogen (secondary N) is 2. The highest BCUT2D eigenvalue weighted by atomic mass is 35.5. The number of anilines is 1. The largest absolute Gasteiger partial charge is 0.326 e. The van der Waals surface area contributed by atoms with Crippen LogP contribution in [0.5, 0.6) is 0 Å². The summed E-state index contributed by atoms with van der Waals surface area (Å²) in [6, 6.07) is 10.8. The van der Waals surface area contributed by atoms with Crippen molar-refractivity contribution in [3.8, 4) is 0 Å². The Morgan fingerprint density at radius 3 is 2.35 bits per heavy atom. The Balaban J connectivity index is 1.81. The van der Waals surface area contributed by atoms with Gasteiger partial charge in [-0.2, -0.15) is 5.10 Å². The number of aryl methyl sites for hydroxylation is 2. The van der Waals surface area contributed by atoms with Gasteiger partial charge in [-0.25, -0.2) is 5.43 Å². The van der Waals surface area contributed by atoms with Gasteiger partial charge in [0.25, 0.3) is 0 Å². The van der Waals surface area contributed by atoms with Crippen molar-refractivity contribution in [2.24, 2.45) is 5.10 Å². The van der Waals surface area contributed by atoms with E-state index in [1.807, 2.05) is 32.0 Å². The summed E-state index contributed by atoms with van der Waals surface area (Å²) in [5.41, 5.74) is 5.71. The molecule has 7 heteroatoms. The molecule has 2 aromatic carbocycles. The minimum Gasteiger partial charge on any atom is -0.326 e. The number of hydrogen-bond donors (Lipinski definition) is 2. The van der Waals surface area contributed by atoms with Crippen LogP contribution in [-0.4, -0.2) is 18.0 Å². The first-order valence-electron chi connectivity index (χ1n) is 8.00. The fourth-order valence-electron chi connectivity index (χ4n) is 2.25. The average Bonchev–Trinajstić information content (AvgIpc) is 2.58. The van der Waals surface area contributed by atoms with Crippen molar-refractivity contribution in [3.05, 3.63) is 63.1 Å². The summed E-state index contributed by atoms with van der Waals surface area (Å²) in [5.74, 6) is -0.606. The summed E-state index contributed by atoms with van der Waals surface area (Å²) >= 11 is 12.0. The molecule has 0 atom stereocenters. The van der Waals surface area contributed by atoms with Crippen molar-refractivity contribution in [2.45, 2.75) is 26.7 Å². The van der Waals surface area contributed by atoms with Gasteiger partial charge < -0.3 is 5.32 Å². The zero-order valence-electron chi connectivity index (χ0n) is 14.5. The molecule has 136 valence electrons. The standard InChI is InChI=1S/C19H19Cl2N3O2/c1-12-6-7-17(13(2)10-12)23-18(25)8-9-19(26)24-22-11-14-15(20)4-3-5-16(14)21/h3-7,10-11H,8-9H2,1-2H3,(H,23,25)(H,24,26). The molecule has 0 bridgehead atoms. The van der Waals surface area contributed by atoms with Crippen LogP contribution in [0.25, 0.3) is 0 Å². The molecule has 0 heterocycles. The van der Waals surface area contributed by atoms with Crippen molar-refractivity contribution >= 4 is 46.9 Å². The van der Waals surface area contributed by atoms with Crippen LogP contribution in [0.3, 0.4) is 0 Å². The Morgan fingerprint density at radius 1 is 1.04 bits per heavy atom. The summed E-state index contributed by atoms with van der Waals surface area (Å²) in [7, 11) is 0. The Morgan fingerprint density at radius 2 is 1.69 bits per heavy atom. The number of hydrogen-bond acceptors (Lipinski definition) is 3. The van der Waals surface area contributed by atoms with Gasteiger partial charge in [-0.15, -0.1) is 0 Å². The molecule has 2 amide bonds. The van der Waals surface area contributed by atoms with Crippen LogP contribution < -0.4 is 10.7 Å². The number of carbonyl (C=O) groups excluding carboxylic acids is 2. The van der Waals surface area contributed by atoms with Crippen molar-refractivity contribution in [1.82, 2.24) is 5.43 Å². The van der Waals surface area contributed by atoms with Crippen molar-refractivity contribution < 1.29 is 9.59 Å². The fraction of sp³-hybridized carbons (Fsp3) is 0.211. The first-order chi connectivity index (χ1) is 12.4. The van der Waals surface area contributed by atoms with E-state index in [1.54, 1.807) is 18.2 Å². The molecule has 0 aromatic heterocycles. The molecule has 0 aliphatic rings. The Bertz CT molecular complexity index is 830. The number of halogens is 2. The summed E-state index contributed by atoms with van der Waals surface area (Å²) < 4.78 is 0. The quantitative estimate of drug-likeness (QED) is 0.562. The van der Waals surface area contributed by atoms with Gasteiger partial charge in [-0.3, -0.25) is 9.59 Å². The lowest BCUT2D eigenvalue weighted by molar-refractivity contribution is -0.124. The van der Waals surface area contributed by atoms with Crippen LogP contribution >= 0.6 is 23.2 Å². The fourth-order valence-corrected chi connectivity index (χ4v) is 2.75. The highest BCUT2D eigenvalue weighted by molar-refractivity contribution is 6.38. The number of benzene rings is 2. The summed E-state index contributed by atoms with van der Waals surface area (Å²) in [6.45, 7) is 3.91. The van der Waals surface area contributed by atoms with Gasteiger partial charge in [-0.1, -0.05) is 47.0 Å². The summed E-state index contributed by atoms with van der Waals surface area (Å²) in [6.07, 6.45) is 1.45. The van der Waals surface area contributed by atoms with E-state index in [0.717, 1.165) is 16.8 Å². The third-order valence-electron chi connectivity index (χ3n) is 3.62. The lowest BCUT2D eigenvalue weighted by Crippen LogP contribution is -2.21. The first kappa shape index (κ1) is 19.9. The Kier molecular flexibility index (Phi) is 7.18. The third-order valence-corrected chi connectivity index (χ3v) is 4.28. The minimum absolute atomic E-state index is 0.0182. The number of hydrazone groups is 1. The van der Waals surface area contributed by atoms with Gasteiger partial charge in [0, 0.05) is 24.1 Å². The highest BCUT2D eigenvalue weighted by Gasteiger charge is 2.08. The average molecular weight is 392 g/mol. The molecule has 0 spiro atoms. The number of rotatable bonds is 6. The molecule has 0 saturated carbocycles. The lowest BCUT2D eigenvalue weighted by Gasteiger charge is -2.08. The normalized spacial score (nSPS) is 10.8. The van der Waals surface area contributed by atoms with Gasteiger partial charge in [0.05, 0.1) is 16.3 Å². The first-order valence-corrected chi connectivity index (χ1v) is 8.75. The number of carbonyl (C=O) groups is 2. The topological polar surface area (TPSA) is 70.6 Å². The summed E-state index contributed by atoms with van der Waals surface area (Å²) in [4.78, 5) is 23.8. The smallest absolute Gasteiger partial charge is 0.240 e. The van der Waals surface area contributed by atoms with E-state index in [9.17, 15) is 9.59 Å². The third kappa shape index (κ3) is 5.86. The van der Waals surface area contributed by atoms with Gasteiger partial charge in [0.1, 0.15) is 0 Å². The molecular formula is C19H19Cl2N3O2. The number of nitrogens with zero attached hydrogens (tertiary/aromatic N) is 1. The molecule has 0 fully saturated rings. The van der Waals surface area contributed by atoms with E-state index in [2.05, 4.69) is 15.8 Å². The van der Waals surface area contributed by atoms with Crippen LogP contribution in [0, 0.1) is 13.8 Å². The van der Waals surface area contributed by atoms with E-state index >= 15 is 0 Å². The van der Waals surface area contributed by atoms with E-state index in [1.165, 1.54) is 6.21 Å². The van der Waals surface area contributed by atoms with Gasteiger partial charge in [0.2, 0.25) is 11.8 Å². The van der Waals surface area contributed by atoms with Crippen molar-refractivity contribution in [2.75, 3.05) is 5.32 Å². The van der Waals surface area contributed by atoms with Crippen LogP contribution in [0.4, 0.5) is 5.69 Å². The zero-order valence-corrected chi connectivity index (χ0v) is 16.0. The highest BCUT2D eigenvalue weighted by Crippen LogP contribution is 2.22. The molecule has 0 unspecified atom stereocenters. The van der Waals surface area contributed by atoms with Crippen molar-refractivity contribution in [1.29, 1.82) is 0 Å². The van der Waals surface area contributed by atoms with E-state index < -0.39 is 0 Å². The van der Waals surface area contributed by atoms with Crippen LogP contribution in [-0.2, 0) is 9.59 Å². The maximum Gasteiger partial charge on any atom is 0.240 e. The van der Waals surface area contributed by atoms with Gasteiger partial charge in [-0.05, 0) is 37.6 Å². The second-order valence-electron chi connectivity index (χ2n) is 5.80. The second-order valence-corrected chi connectivity index (χ2v) is 6.61. The molecule has 0 radical (unpaired) electrons. The van der Waals surface area contributed by atoms with Gasteiger partial charge >= 0.3 is 0 Å². The Labute approximate surface area is 162 Å². The molecule has 0 aliphatic carbocycles. The monoisotopic (exact) mass is 391 g/mol. The molecular weight excluding hydrogens is 373 g/mol. The maximum atomic E-state index is 12.0. The SMILES string of the molecule is Cc1ccc(NC(=O)CCC(=O)NN=Cc2c(Cl)cccc2Cl)c(C)c1. The predicted molar refractivity (Wildman–Crippen MR) is 106 cm³/mol. The molecule has 26 heavy (non-hydrogen) atoms. The van der Waals surface area contributed by atoms with Gasteiger partial charge in [0.15, 0.2) is 0 Å². The molecule has 5 nitrogen and oxygen atoms in total. The van der Waals surface area contributed by atoms with E-state index in [0.29, 0.717) is 15.6 Å².